The van der Waals surface area contributed by atoms with Gasteiger partial charge in [-0.3, -0.25) is 0 Å². The molecule has 112 valence electrons. The van der Waals surface area contributed by atoms with Crippen molar-refractivity contribution in [2.45, 2.75) is 56.1 Å². The lowest BCUT2D eigenvalue weighted by Crippen LogP contribution is -2.28. The Morgan fingerprint density at radius 2 is 1.85 bits per heavy atom. The second kappa shape index (κ2) is 6.59. The van der Waals surface area contributed by atoms with Gasteiger partial charge in [-0.15, -0.1) is 0 Å². The predicted molar refractivity (Wildman–Crippen MR) is 80.7 cm³/mol. The number of rotatable bonds is 5. The highest BCUT2D eigenvalue weighted by Crippen LogP contribution is 2.27. The second-order valence-corrected chi connectivity index (χ2v) is 7.54. The molecule has 5 heteroatoms. The fraction of sp³-hybridized carbons (Fsp3) is 0.600. The van der Waals surface area contributed by atoms with Crippen LogP contribution in [0.25, 0.3) is 0 Å². The molecule has 0 amide bonds. The fourth-order valence-corrected chi connectivity index (χ4v) is 4.18. The van der Waals surface area contributed by atoms with Gasteiger partial charge in [0.05, 0.1) is 22.4 Å². The first-order valence-corrected chi connectivity index (χ1v) is 8.94. The Bertz CT molecular complexity index is 534. The molecule has 0 radical (unpaired) electrons. The summed E-state index contributed by atoms with van der Waals surface area (Å²) >= 11 is 0. The normalized spacial score (nSPS) is 23.5. The van der Waals surface area contributed by atoms with Crippen molar-refractivity contribution in [1.82, 2.24) is 0 Å². The van der Waals surface area contributed by atoms with E-state index in [0.717, 1.165) is 25.7 Å². The number of hydrogen-bond donors (Lipinski definition) is 2. The highest BCUT2D eigenvalue weighted by Gasteiger charge is 2.22. The zero-order valence-corrected chi connectivity index (χ0v) is 12.7. The third kappa shape index (κ3) is 3.73. The second-order valence-electron chi connectivity index (χ2n) is 5.46. The first-order chi connectivity index (χ1) is 9.53. The zero-order valence-electron chi connectivity index (χ0n) is 11.9. The Hall–Kier alpha value is -1.07. The minimum Gasteiger partial charge on any atom is -0.393 e. The van der Waals surface area contributed by atoms with E-state index in [2.05, 4.69) is 5.32 Å². The Balaban J connectivity index is 2.16. The monoisotopic (exact) mass is 297 g/mol. The van der Waals surface area contributed by atoms with Crippen LogP contribution >= 0.6 is 0 Å². The van der Waals surface area contributed by atoms with Crippen LogP contribution in [0.4, 0.5) is 5.69 Å². The summed E-state index contributed by atoms with van der Waals surface area (Å²) in [5.41, 5.74) is 0.697. The SMILES string of the molecule is CCCS(=O)(=O)c1ccccc1NC1CCC(O)CC1. The predicted octanol–water partition coefficient (Wildman–Crippen LogP) is 2.59. The molecule has 0 spiro atoms. The molecule has 20 heavy (non-hydrogen) atoms. The lowest BCUT2D eigenvalue weighted by Gasteiger charge is -2.27. The summed E-state index contributed by atoms with van der Waals surface area (Å²) in [6, 6.07) is 7.36. The van der Waals surface area contributed by atoms with E-state index in [-0.39, 0.29) is 17.9 Å². The molecule has 0 aromatic heterocycles. The van der Waals surface area contributed by atoms with Crippen LogP contribution in [0.15, 0.2) is 29.2 Å². The van der Waals surface area contributed by atoms with Crippen molar-refractivity contribution in [1.29, 1.82) is 0 Å². The van der Waals surface area contributed by atoms with Crippen LogP contribution in [-0.2, 0) is 9.84 Å². The van der Waals surface area contributed by atoms with Gasteiger partial charge in [-0.1, -0.05) is 19.1 Å². The summed E-state index contributed by atoms with van der Waals surface area (Å²) in [6.07, 6.45) is 3.73. The van der Waals surface area contributed by atoms with Crippen molar-refractivity contribution in [2.75, 3.05) is 11.1 Å². The maximum absolute atomic E-state index is 12.3. The van der Waals surface area contributed by atoms with Crippen LogP contribution in [0.5, 0.6) is 0 Å². The molecular weight excluding hydrogens is 274 g/mol. The van der Waals surface area contributed by atoms with Crippen molar-refractivity contribution in [2.24, 2.45) is 0 Å². The quantitative estimate of drug-likeness (QED) is 0.876. The number of sulfone groups is 1. The molecule has 1 aromatic carbocycles. The molecule has 0 saturated heterocycles. The molecule has 0 aliphatic heterocycles. The summed E-state index contributed by atoms with van der Waals surface area (Å²) < 4.78 is 24.5. The Kier molecular flexibility index (Phi) is 5.05. The van der Waals surface area contributed by atoms with Gasteiger partial charge in [-0.05, 0) is 44.2 Å². The van der Waals surface area contributed by atoms with E-state index in [1.54, 1.807) is 12.1 Å². The van der Waals surface area contributed by atoms with Gasteiger partial charge in [0, 0.05) is 6.04 Å². The Labute approximate surface area is 121 Å². The lowest BCUT2D eigenvalue weighted by atomic mass is 9.93. The Morgan fingerprint density at radius 1 is 1.20 bits per heavy atom. The van der Waals surface area contributed by atoms with Gasteiger partial charge >= 0.3 is 0 Å². The summed E-state index contributed by atoms with van der Waals surface area (Å²) in [5, 5.41) is 12.9. The molecule has 0 bridgehead atoms. The van der Waals surface area contributed by atoms with Crippen molar-refractivity contribution < 1.29 is 13.5 Å². The molecule has 4 nitrogen and oxygen atoms in total. The minimum atomic E-state index is -3.21. The van der Waals surface area contributed by atoms with E-state index in [9.17, 15) is 13.5 Å². The summed E-state index contributed by atoms with van der Waals surface area (Å²) in [5.74, 6) is 0.176. The van der Waals surface area contributed by atoms with Crippen LogP contribution in [0.1, 0.15) is 39.0 Å². The van der Waals surface area contributed by atoms with Crippen LogP contribution in [0, 0.1) is 0 Å². The molecule has 1 aromatic rings. The molecular formula is C15H23NO3S. The molecule has 1 saturated carbocycles. The third-order valence-electron chi connectivity index (χ3n) is 3.75. The smallest absolute Gasteiger partial charge is 0.180 e. The summed E-state index contributed by atoms with van der Waals surface area (Å²) in [4.78, 5) is 0.396. The molecule has 0 atom stereocenters. The van der Waals surface area contributed by atoms with Crippen LogP contribution in [-0.4, -0.2) is 31.4 Å². The van der Waals surface area contributed by atoms with E-state index in [4.69, 9.17) is 0 Å². The van der Waals surface area contributed by atoms with Gasteiger partial charge in [0.2, 0.25) is 0 Å². The average Bonchev–Trinajstić information content (AvgIpc) is 2.42. The topological polar surface area (TPSA) is 66.4 Å². The largest absolute Gasteiger partial charge is 0.393 e. The number of para-hydroxylation sites is 1. The molecule has 1 aliphatic carbocycles. The van der Waals surface area contributed by atoms with Gasteiger partial charge in [-0.2, -0.15) is 0 Å². The number of hydrogen-bond acceptors (Lipinski definition) is 4. The minimum absolute atomic E-state index is 0.176. The van der Waals surface area contributed by atoms with Gasteiger partial charge in [-0.25, -0.2) is 8.42 Å². The maximum atomic E-state index is 12.3. The molecule has 1 fully saturated rings. The molecule has 2 rings (SSSR count). The first-order valence-electron chi connectivity index (χ1n) is 7.29. The highest BCUT2D eigenvalue weighted by atomic mass is 32.2. The average molecular weight is 297 g/mol. The number of benzene rings is 1. The molecule has 2 N–H and O–H groups in total. The van der Waals surface area contributed by atoms with E-state index in [1.165, 1.54) is 0 Å². The summed E-state index contributed by atoms with van der Waals surface area (Å²) in [6.45, 7) is 1.87. The maximum Gasteiger partial charge on any atom is 0.180 e. The van der Waals surface area contributed by atoms with Crippen LogP contribution < -0.4 is 5.32 Å². The fourth-order valence-electron chi connectivity index (χ4n) is 2.68. The molecule has 1 aliphatic rings. The van der Waals surface area contributed by atoms with E-state index < -0.39 is 9.84 Å². The number of anilines is 1. The molecule has 0 unspecified atom stereocenters. The van der Waals surface area contributed by atoms with Crippen molar-refractivity contribution >= 4 is 15.5 Å². The van der Waals surface area contributed by atoms with E-state index in [0.29, 0.717) is 17.0 Å². The standard InChI is InChI=1S/C15H23NO3S/c1-2-11-20(18,19)15-6-4-3-5-14(15)16-12-7-9-13(17)10-8-12/h3-6,12-13,16-17H,2,7-11H2,1H3. The van der Waals surface area contributed by atoms with Gasteiger partial charge in [0.1, 0.15) is 0 Å². The van der Waals surface area contributed by atoms with E-state index >= 15 is 0 Å². The van der Waals surface area contributed by atoms with Crippen LogP contribution in [0.3, 0.4) is 0 Å². The highest BCUT2D eigenvalue weighted by molar-refractivity contribution is 7.91. The number of nitrogens with one attached hydrogen (secondary N) is 1. The first kappa shape index (κ1) is 15.3. The van der Waals surface area contributed by atoms with E-state index in [1.807, 2.05) is 19.1 Å². The van der Waals surface area contributed by atoms with Crippen molar-refractivity contribution in [3.05, 3.63) is 24.3 Å². The Morgan fingerprint density at radius 3 is 2.50 bits per heavy atom. The summed E-state index contributed by atoms with van der Waals surface area (Å²) in [7, 11) is -3.21. The van der Waals surface area contributed by atoms with Gasteiger partial charge in [0.25, 0.3) is 0 Å². The zero-order chi connectivity index (χ0) is 14.6. The third-order valence-corrected chi connectivity index (χ3v) is 5.72. The number of aliphatic hydroxyl groups is 1. The number of aliphatic hydroxyl groups excluding tert-OH is 1. The molecule has 0 heterocycles. The lowest BCUT2D eigenvalue weighted by molar-refractivity contribution is 0.126. The van der Waals surface area contributed by atoms with Gasteiger partial charge in [0.15, 0.2) is 9.84 Å². The van der Waals surface area contributed by atoms with Gasteiger partial charge < -0.3 is 10.4 Å². The van der Waals surface area contributed by atoms with Crippen molar-refractivity contribution in [3.63, 3.8) is 0 Å². The van der Waals surface area contributed by atoms with Crippen LogP contribution in [0.2, 0.25) is 0 Å². The van der Waals surface area contributed by atoms with Crippen molar-refractivity contribution in [3.8, 4) is 0 Å².